The highest BCUT2D eigenvalue weighted by atomic mass is 35.5. The number of carbonyl (C=O) groups excluding carboxylic acids is 1. The molecular weight excluding hydrogens is 264 g/mol. The second-order valence-electron chi connectivity index (χ2n) is 5.24. The molecule has 2 N–H and O–H groups in total. The number of hydrogen-bond donors (Lipinski definition) is 2. The van der Waals surface area contributed by atoms with Crippen molar-refractivity contribution in [1.29, 1.82) is 0 Å². The van der Waals surface area contributed by atoms with Crippen LogP contribution in [0, 0.1) is 0 Å². The van der Waals surface area contributed by atoms with Gasteiger partial charge in [0.1, 0.15) is 0 Å². The third kappa shape index (κ3) is 9.25. The first kappa shape index (κ1) is 18.7. The van der Waals surface area contributed by atoms with Gasteiger partial charge in [-0.3, -0.25) is 4.79 Å². The number of hydrogen-bond acceptors (Lipinski definition) is 3. The van der Waals surface area contributed by atoms with Crippen molar-refractivity contribution in [2.75, 3.05) is 20.2 Å². The summed E-state index contributed by atoms with van der Waals surface area (Å²) >= 11 is 0. The van der Waals surface area contributed by atoms with Gasteiger partial charge in [0.05, 0.1) is 12.5 Å². The Hall–Kier alpha value is -0.320. The summed E-state index contributed by atoms with van der Waals surface area (Å²) in [7, 11) is 1.63. The lowest BCUT2D eigenvalue weighted by Gasteiger charge is -2.16. The van der Waals surface area contributed by atoms with Crippen LogP contribution in [0.1, 0.15) is 51.9 Å². The van der Waals surface area contributed by atoms with Crippen molar-refractivity contribution < 1.29 is 9.53 Å². The predicted molar refractivity (Wildman–Crippen MR) is 80.8 cm³/mol. The van der Waals surface area contributed by atoms with Gasteiger partial charge in [0.2, 0.25) is 5.91 Å². The number of rotatable bonds is 7. The van der Waals surface area contributed by atoms with Crippen LogP contribution in [0.25, 0.3) is 0 Å². The van der Waals surface area contributed by atoms with Gasteiger partial charge in [-0.05, 0) is 19.8 Å². The maximum absolute atomic E-state index is 11.5. The lowest BCUT2D eigenvalue weighted by Crippen LogP contribution is -2.37. The Bertz CT molecular complexity index is 231. The standard InChI is InChI=1S/C14H28N2O2.ClH/c1-12(18-2)11-14(17)16-10-9-15-13-7-5-3-4-6-8-13;/h12-13,15H,3-11H2,1-2H3,(H,16,17);1H. The molecule has 0 bridgehead atoms. The third-order valence-electron chi connectivity index (χ3n) is 3.61. The summed E-state index contributed by atoms with van der Waals surface area (Å²) in [6, 6.07) is 0.655. The Labute approximate surface area is 123 Å². The van der Waals surface area contributed by atoms with E-state index < -0.39 is 0 Å². The Kier molecular flexibility index (Phi) is 11.3. The monoisotopic (exact) mass is 292 g/mol. The highest BCUT2D eigenvalue weighted by molar-refractivity contribution is 5.85. The normalized spacial score (nSPS) is 18.2. The fourth-order valence-corrected chi connectivity index (χ4v) is 2.38. The van der Waals surface area contributed by atoms with E-state index >= 15 is 0 Å². The van der Waals surface area contributed by atoms with E-state index in [0.29, 0.717) is 19.0 Å². The van der Waals surface area contributed by atoms with Gasteiger partial charge >= 0.3 is 0 Å². The second-order valence-corrected chi connectivity index (χ2v) is 5.24. The molecule has 1 rings (SSSR count). The Morgan fingerprint density at radius 3 is 2.42 bits per heavy atom. The number of methoxy groups -OCH3 is 1. The van der Waals surface area contributed by atoms with E-state index in [4.69, 9.17) is 4.74 Å². The fraction of sp³-hybridized carbons (Fsp3) is 0.929. The minimum absolute atomic E-state index is 0. The average molecular weight is 293 g/mol. The van der Waals surface area contributed by atoms with Gasteiger partial charge in [0.15, 0.2) is 0 Å². The van der Waals surface area contributed by atoms with Crippen LogP contribution in [0.3, 0.4) is 0 Å². The summed E-state index contributed by atoms with van der Waals surface area (Å²) < 4.78 is 5.06. The van der Waals surface area contributed by atoms with Gasteiger partial charge in [0, 0.05) is 26.2 Å². The Morgan fingerprint density at radius 1 is 1.21 bits per heavy atom. The van der Waals surface area contributed by atoms with E-state index in [0.717, 1.165) is 6.54 Å². The molecule has 0 radical (unpaired) electrons. The fourth-order valence-electron chi connectivity index (χ4n) is 2.38. The third-order valence-corrected chi connectivity index (χ3v) is 3.61. The van der Waals surface area contributed by atoms with Gasteiger partial charge in [0.25, 0.3) is 0 Å². The van der Waals surface area contributed by atoms with Crippen molar-refractivity contribution in [1.82, 2.24) is 10.6 Å². The molecule has 5 heteroatoms. The topological polar surface area (TPSA) is 50.4 Å². The summed E-state index contributed by atoms with van der Waals surface area (Å²) in [5, 5.41) is 6.46. The van der Waals surface area contributed by atoms with Crippen LogP contribution in [0.2, 0.25) is 0 Å². The largest absolute Gasteiger partial charge is 0.381 e. The SMILES string of the molecule is COC(C)CC(=O)NCCNC1CCCCCC1.Cl. The Balaban J connectivity index is 0.00000324. The summed E-state index contributed by atoms with van der Waals surface area (Å²) in [4.78, 5) is 11.5. The summed E-state index contributed by atoms with van der Waals surface area (Å²) in [6.07, 6.45) is 8.46. The first-order valence-electron chi connectivity index (χ1n) is 7.25. The molecule has 1 aliphatic rings. The number of halogens is 1. The molecule has 0 aliphatic heterocycles. The summed E-state index contributed by atoms with van der Waals surface area (Å²) in [5.74, 6) is 0.0759. The van der Waals surface area contributed by atoms with Gasteiger partial charge in [-0.1, -0.05) is 25.7 Å². The first-order chi connectivity index (χ1) is 8.72. The highest BCUT2D eigenvalue weighted by Gasteiger charge is 2.11. The van der Waals surface area contributed by atoms with Crippen molar-refractivity contribution in [3.05, 3.63) is 0 Å². The molecule has 0 heterocycles. The van der Waals surface area contributed by atoms with E-state index in [-0.39, 0.29) is 24.4 Å². The van der Waals surface area contributed by atoms with E-state index in [1.165, 1.54) is 38.5 Å². The minimum atomic E-state index is -0.000170. The van der Waals surface area contributed by atoms with Crippen LogP contribution < -0.4 is 10.6 Å². The zero-order valence-corrected chi connectivity index (χ0v) is 13.1. The molecule has 114 valence electrons. The van der Waals surface area contributed by atoms with Gasteiger partial charge in [-0.15, -0.1) is 12.4 Å². The number of nitrogens with one attached hydrogen (secondary N) is 2. The zero-order chi connectivity index (χ0) is 13.2. The minimum Gasteiger partial charge on any atom is -0.381 e. The molecule has 1 atom stereocenters. The van der Waals surface area contributed by atoms with E-state index in [1.54, 1.807) is 7.11 Å². The summed E-state index contributed by atoms with van der Waals surface area (Å²) in [6.45, 7) is 3.49. The maximum atomic E-state index is 11.5. The molecule has 0 aromatic rings. The Morgan fingerprint density at radius 2 is 1.84 bits per heavy atom. The molecule has 1 fully saturated rings. The van der Waals surface area contributed by atoms with Gasteiger partial charge in [-0.25, -0.2) is 0 Å². The molecule has 0 aromatic carbocycles. The molecule has 4 nitrogen and oxygen atoms in total. The molecular formula is C14H29ClN2O2. The molecule has 1 unspecified atom stereocenters. The van der Waals surface area contributed by atoms with Crippen molar-refractivity contribution in [2.45, 2.75) is 64.0 Å². The lowest BCUT2D eigenvalue weighted by atomic mass is 10.1. The molecule has 0 saturated heterocycles. The van der Waals surface area contributed by atoms with Crippen molar-refractivity contribution in [2.24, 2.45) is 0 Å². The van der Waals surface area contributed by atoms with E-state index in [9.17, 15) is 4.79 Å². The molecule has 1 saturated carbocycles. The van der Waals surface area contributed by atoms with Gasteiger partial charge < -0.3 is 15.4 Å². The van der Waals surface area contributed by atoms with E-state index in [1.807, 2.05) is 6.92 Å². The summed E-state index contributed by atoms with van der Waals surface area (Å²) in [5.41, 5.74) is 0. The number of ether oxygens (including phenoxy) is 1. The highest BCUT2D eigenvalue weighted by Crippen LogP contribution is 2.16. The average Bonchev–Trinajstić information content (AvgIpc) is 2.63. The van der Waals surface area contributed by atoms with Crippen LogP contribution in [0.15, 0.2) is 0 Å². The first-order valence-corrected chi connectivity index (χ1v) is 7.25. The zero-order valence-electron chi connectivity index (χ0n) is 12.2. The molecule has 0 spiro atoms. The quantitative estimate of drug-likeness (QED) is 0.559. The molecule has 0 aromatic heterocycles. The number of amides is 1. The van der Waals surface area contributed by atoms with Gasteiger partial charge in [-0.2, -0.15) is 0 Å². The van der Waals surface area contributed by atoms with Crippen LogP contribution >= 0.6 is 12.4 Å². The van der Waals surface area contributed by atoms with Crippen LogP contribution in [-0.2, 0) is 9.53 Å². The van der Waals surface area contributed by atoms with Crippen LogP contribution in [0.5, 0.6) is 0 Å². The number of carbonyl (C=O) groups is 1. The van der Waals surface area contributed by atoms with Crippen molar-refractivity contribution >= 4 is 18.3 Å². The second kappa shape index (κ2) is 11.5. The molecule has 19 heavy (non-hydrogen) atoms. The van der Waals surface area contributed by atoms with Crippen molar-refractivity contribution in [3.8, 4) is 0 Å². The lowest BCUT2D eigenvalue weighted by molar-refractivity contribution is -0.123. The van der Waals surface area contributed by atoms with Crippen LogP contribution in [-0.4, -0.2) is 38.3 Å². The maximum Gasteiger partial charge on any atom is 0.222 e. The predicted octanol–water partition coefficient (Wildman–Crippen LogP) is 2.26. The smallest absolute Gasteiger partial charge is 0.222 e. The molecule has 1 amide bonds. The van der Waals surface area contributed by atoms with Crippen LogP contribution in [0.4, 0.5) is 0 Å². The van der Waals surface area contributed by atoms with Crippen molar-refractivity contribution in [3.63, 3.8) is 0 Å². The van der Waals surface area contributed by atoms with E-state index in [2.05, 4.69) is 10.6 Å². The molecule has 1 aliphatic carbocycles.